The van der Waals surface area contributed by atoms with Gasteiger partial charge >= 0.3 is 0 Å². The number of methoxy groups -OCH3 is 1. The van der Waals surface area contributed by atoms with Crippen molar-refractivity contribution in [3.05, 3.63) is 64.2 Å². The maximum atomic E-state index is 10.5. The predicted molar refractivity (Wildman–Crippen MR) is 107 cm³/mol. The molecule has 156 valence electrons. The fourth-order valence-corrected chi connectivity index (χ4v) is 4.49. The number of aryl methyl sites for hydroxylation is 1. The van der Waals surface area contributed by atoms with E-state index in [2.05, 4.69) is 0 Å². The van der Waals surface area contributed by atoms with Crippen molar-refractivity contribution in [3.8, 4) is 5.75 Å². The molecule has 2 aliphatic rings. The predicted octanol–water partition coefficient (Wildman–Crippen LogP) is 1.29. The lowest BCUT2D eigenvalue weighted by Crippen LogP contribution is -2.55. The quantitative estimate of drug-likeness (QED) is 0.604. The van der Waals surface area contributed by atoms with Crippen LogP contribution < -0.4 is 4.74 Å². The minimum Gasteiger partial charge on any atom is -0.497 e. The molecule has 29 heavy (non-hydrogen) atoms. The Morgan fingerprint density at radius 1 is 1.00 bits per heavy atom. The molecular weight excluding hydrogens is 372 g/mol. The van der Waals surface area contributed by atoms with Crippen LogP contribution >= 0.6 is 0 Å². The minimum absolute atomic E-state index is 0.426. The highest BCUT2D eigenvalue weighted by atomic mass is 16.5. The second-order valence-corrected chi connectivity index (χ2v) is 7.95. The SMILES string of the molecule is COc1ccc(Cc2cc([C@@H]3O[C@H](CO)[C@@H](O)[C@H](O)[C@H]3O)cc3c2CCC3)cc1. The van der Waals surface area contributed by atoms with Crippen LogP contribution in [0, 0.1) is 0 Å². The van der Waals surface area contributed by atoms with E-state index in [1.54, 1.807) is 7.11 Å². The molecule has 1 aliphatic heterocycles. The number of fused-ring (bicyclic) bond motifs is 1. The third kappa shape index (κ3) is 3.91. The van der Waals surface area contributed by atoms with Crippen LogP contribution in [0.2, 0.25) is 0 Å². The van der Waals surface area contributed by atoms with Gasteiger partial charge in [0.15, 0.2) is 0 Å². The van der Waals surface area contributed by atoms with E-state index in [0.717, 1.165) is 42.6 Å². The van der Waals surface area contributed by atoms with Gasteiger partial charge in [0.05, 0.1) is 13.7 Å². The standard InChI is InChI=1S/C23H28O6/c1-28-17-7-5-13(6-8-17)9-15-11-16(10-14-3-2-4-18(14)15)23-22(27)21(26)20(25)19(12-24)29-23/h5-8,10-11,19-27H,2-4,9,12H2,1H3/t19-,20-,21+,22-,23+/m1/s1. The summed E-state index contributed by atoms with van der Waals surface area (Å²) in [5.41, 5.74) is 5.69. The van der Waals surface area contributed by atoms with Gasteiger partial charge in [0, 0.05) is 0 Å². The van der Waals surface area contributed by atoms with Crippen LogP contribution in [0.1, 0.15) is 40.3 Å². The van der Waals surface area contributed by atoms with E-state index >= 15 is 0 Å². The van der Waals surface area contributed by atoms with Crippen molar-refractivity contribution >= 4 is 0 Å². The van der Waals surface area contributed by atoms with E-state index < -0.39 is 37.1 Å². The van der Waals surface area contributed by atoms with Crippen molar-refractivity contribution in [1.29, 1.82) is 0 Å². The molecule has 2 aromatic rings. The van der Waals surface area contributed by atoms with Crippen LogP contribution in [0.25, 0.3) is 0 Å². The molecule has 0 spiro atoms. The zero-order chi connectivity index (χ0) is 20.5. The third-order valence-corrected chi connectivity index (χ3v) is 6.10. The highest BCUT2D eigenvalue weighted by molar-refractivity contribution is 5.45. The maximum absolute atomic E-state index is 10.5. The van der Waals surface area contributed by atoms with Gasteiger partial charge in [0.2, 0.25) is 0 Å². The molecule has 0 aromatic heterocycles. The van der Waals surface area contributed by atoms with E-state index in [1.807, 2.05) is 36.4 Å². The fraction of sp³-hybridized carbons (Fsp3) is 0.478. The highest BCUT2D eigenvalue weighted by Gasteiger charge is 2.44. The maximum Gasteiger partial charge on any atom is 0.118 e. The number of hydrogen-bond donors (Lipinski definition) is 4. The lowest BCUT2D eigenvalue weighted by atomic mass is 9.87. The van der Waals surface area contributed by atoms with Gasteiger partial charge in [-0.1, -0.05) is 24.3 Å². The fourth-order valence-electron chi connectivity index (χ4n) is 4.49. The summed E-state index contributed by atoms with van der Waals surface area (Å²) in [5, 5.41) is 40.3. The Morgan fingerprint density at radius 3 is 2.45 bits per heavy atom. The molecule has 1 heterocycles. The number of aliphatic hydroxyl groups excluding tert-OH is 4. The summed E-state index contributed by atoms with van der Waals surface area (Å²) in [7, 11) is 1.64. The summed E-state index contributed by atoms with van der Waals surface area (Å²) in [4.78, 5) is 0. The first kappa shape index (κ1) is 20.3. The van der Waals surface area contributed by atoms with Crippen molar-refractivity contribution in [2.45, 2.75) is 56.2 Å². The molecule has 6 heteroatoms. The summed E-state index contributed by atoms with van der Waals surface area (Å²) < 4.78 is 11.0. The molecule has 6 nitrogen and oxygen atoms in total. The highest BCUT2D eigenvalue weighted by Crippen LogP contribution is 2.37. The average molecular weight is 400 g/mol. The first-order valence-electron chi connectivity index (χ1n) is 10.1. The van der Waals surface area contributed by atoms with Crippen molar-refractivity contribution in [3.63, 3.8) is 0 Å². The molecule has 0 radical (unpaired) electrons. The van der Waals surface area contributed by atoms with E-state index in [9.17, 15) is 20.4 Å². The second kappa shape index (κ2) is 8.42. The Balaban J connectivity index is 1.67. The van der Waals surface area contributed by atoms with Crippen LogP contribution in [0.3, 0.4) is 0 Å². The molecule has 0 amide bonds. The molecule has 4 N–H and O–H groups in total. The first-order chi connectivity index (χ1) is 14.0. The Kier molecular flexibility index (Phi) is 5.90. The van der Waals surface area contributed by atoms with E-state index in [1.165, 1.54) is 16.7 Å². The molecule has 2 aromatic carbocycles. The summed E-state index contributed by atoms with van der Waals surface area (Å²) in [6, 6.07) is 12.0. The van der Waals surface area contributed by atoms with Gasteiger partial charge in [0.1, 0.15) is 36.3 Å². The number of hydrogen-bond acceptors (Lipinski definition) is 6. The lowest BCUT2D eigenvalue weighted by molar-refractivity contribution is -0.231. The van der Waals surface area contributed by atoms with Crippen LogP contribution in [-0.2, 0) is 24.0 Å². The molecule has 1 aliphatic carbocycles. The summed E-state index contributed by atoms with van der Waals surface area (Å²) in [6.07, 6.45) is -1.86. The number of rotatable bonds is 5. The second-order valence-electron chi connectivity index (χ2n) is 7.95. The molecule has 0 bridgehead atoms. The Labute approximate surface area is 170 Å². The van der Waals surface area contributed by atoms with Crippen molar-refractivity contribution in [2.24, 2.45) is 0 Å². The Bertz CT molecular complexity index is 847. The zero-order valence-corrected chi connectivity index (χ0v) is 16.5. The van der Waals surface area contributed by atoms with Gasteiger partial charge in [-0.05, 0) is 65.6 Å². The van der Waals surface area contributed by atoms with Gasteiger partial charge in [-0.3, -0.25) is 0 Å². The molecule has 0 unspecified atom stereocenters. The normalized spacial score (nSPS) is 28.9. The Hall–Kier alpha value is -1.96. The van der Waals surface area contributed by atoms with Crippen LogP contribution in [-0.4, -0.2) is 58.6 Å². The van der Waals surface area contributed by atoms with Crippen molar-refractivity contribution in [2.75, 3.05) is 13.7 Å². The molecule has 0 saturated carbocycles. The minimum atomic E-state index is -1.37. The van der Waals surface area contributed by atoms with Gasteiger partial charge < -0.3 is 29.9 Å². The van der Waals surface area contributed by atoms with Gasteiger partial charge in [-0.25, -0.2) is 0 Å². The zero-order valence-electron chi connectivity index (χ0n) is 16.5. The van der Waals surface area contributed by atoms with E-state index in [4.69, 9.17) is 9.47 Å². The molecule has 4 rings (SSSR count). The third-order valence-electron chi connectivity index (χ3n) is 6.10. The summed E-state index contributed by atoms with van der Waals surface area (Å²) in [5.74, 6) is 0.814. The van der Waals surface area contributed by atoms with E-state index in [-0.39, 0.29) is 0 Å². The summed E-state index contributed by atoms with van der Waals surface area (Å²) in [6.45, 7) is -0.426. The largest absolute Gasteiger partial charge is 0.497 e. The Morgan fingerprint density at radius 2 is 1.76 bits per heavy atom. The smallest absolute Gasteiger partial charge is 0.118 e. The topological polar surface area (TPSA) is 99.4 Å². The van der Waals surface area contributed by atoms with Crippen LogP contribution in [0.5, 0.6) is 5.75 Å². The molecule has 5 atom stereocenters. The lowest BCUT2D eigenvalue weighted by Gasteiger charge is -2.40. The first-order valence-corrected chi connectivity index (χ1v) is 10.1. The summed E-state index contributed by atoms with van der Waals surface area (Å²) >= 11 is 0. The van der Waals surface area contributed by atoms with Crippen molar-refractivity contribution in [1.82, 2.24) is 0 Å². The molecular formula is C23H28O6. The number of benzene rings is 2. The van der Waals surface area contributed by atoms with Gasteiger partial charge in [0.25, 0.3) is 0 Å². The average Bonchev–Trinajstić information content (AvgIpc) is 3.22. The van der Waals surface area contributed by atoms with Crippen LogP contribution in [0.15, 0.2) is 36.4 Å². The monoisotopic (exact) mass is 400 g/mol. The number of ether oxygens (including phenoxy) is 2. The van der Waals surface area contributed by atoms with Crippen LogP contribution in [0.4, 0.5) is 0 Å². The van der Waals surface area contributed by atoms with Gasteiger partial charge in [-0.2, -0.15) is 0 Å². The molecule has 1 fully saturated rings. The molecule has 1 saturated heterocycles. The number of aliphatic hydroxyl groups is 4. The van der Waals surface area contributed by atoms with Gasteiger partial charge in [-0.15, -0.1) is 0 Å². The van der Waals surface area contributed by atoms with Crippen molar-refractivity contribution < 1.29 is 29.9 Å². The van der Waals surface area contributed by atoms with E-state index in [0.29, 0.717) is 0 Å².